The van der Waals surface area contributed by atoms with Gasteiger partial charge in [-0.25, -0.2) is 4.99 Å². The minimum atomic E-state index is 0.737. The largest absolute Gasteiger partial charge is 0.321 e. The van der Waals surface area contributed by atoms with Crippen molar-refractivity contribution in [1.29, 1.82) is 0 Å². The number of nitrogens with zero attached hydrogens (tertiary/aromatic N) is 2. The van der Waals surface area contributed by atoms with E-state index >= 15 is 0 Å². The third kappa shape index (κ3) is 1.92. The van der Waals surface area contributed by atoms with Gasteiger partial charge in [0.05, 0.1) is 11.4 Å². The van der Waals surface area contributed by atoms with Gasteiger partial charge in [-0.05, 0) is 17.5 Å². The summed E-state index contributed by atoms with van der Waals surface area (Å²) in [6.07, 6.45) is 1.92. The molecule has 106 valence electrons. The lowest BCUT2D eigenvalue weighted by Crippen LogP contribution is -2.33. The van der Waals surface area contributed by atoms with Gasteiger partial charge in [0.2, 0.25) is 0 Å². The van der Waals surface area contributed by atoms with Crippen molar-refractivity contribution in [3.8, 4) is 0 Å². The second-order valence-corrected chi connectivity index (χ2v) is 5.35. The molecule has 0 saturated carbocycles. The second-order valence-electron chi connectivity index (χ2n) is 5.35. The van der Waals surface area contributed by atoms with E-state index in [1.54, 1.807) is 0 Å². The molecular formula is C20H16N2. The first kappa shape index (κ1) is 12.8. The Bertz CT molecular complexity index is 873. The summed E-state index contributed by atoms with van der Waals surface area (Å²) < 4.78 is 0. The minimum Gasteiger partial charge on any atom is -0.321 e. The Balaban J connectivity index is 2.01. The van der Waals surface area contributed by atoms with E-state index in [0.717, 1.165) is 23.6 Å². The van der Waals surface area contributed by atoms with Crippen LogP contribution in [0.3, 0.4) is 0 Å². The lowest BCUT2D eigenvalue weighted by Gasteiger charge is -2.30. The average Bonchev–Trinajstić information content (AvgIpc) is 2.58. The second kappa shape index (κ2) is 5.15. The number of hydrogen-bond donors (Lipinski definition) is 0. The first-order chi connectivity index (χ1) is 10.9. The molecule has 3 aromatic carbocycles. The molecule has 0 bridgehead atoms. The molecule has 1 aliphatic heterocycles. The van der Waals surface area contributed by atoms with Gasteiger partial charge in [-0.15, -0.1) is 6.58 Å². The van der Waals surface area contributed by atoms with E-state index in [2.05, 4.69) is 60.0 Å². The molecule has 2 nitrogen and oxygen atoms in total. The van der Waals surface area contributed by atoms with Gasteiger partial charge >= 0.3 is 0 Å². The zero-order valence-corrected chi connectivity index (χ0v) is 12.2. The fourth-order valence-electron chi connectivity index (χ4n) is 3.03. The van der Waals surface area contributed by atoms with Crippen molar-refractivity contribution >= 4 is 28.0 Å². The molecular weight excluding hydrogens is 268 g/mol. The molecule has 4 rings (SSSR count). The molecule has 0 N–H and O–H groups in total. The highest BCUT2D eigenvalue weighted by molar-refractivity contribution is 6.20. The number of hydrogen-bond acceptors (Lipinski definition) is 2. The predicted octanol–water partition coefficient (Wildman–Crippen LogP) is 4.92. The Morgan fingerprint density at radius 2 is 1.68 bits per heavy atom. The first-order valence-corrected chi connectivity index (χ1v) is 7.43. The highest BCUT2D eigenvalue weighted by Gasteiger charge is 2.22. The topological polar surface area (TPSA) is 15.6 Å². The van der Waals surface area contributed by atoms with E-state index in [1.807, 2.05) is 24.3 Å². The number of anilines is 1. The normalized spacial score (nSPS) is 13.1. The van der Waals surface area contributed by atoms with Crippen molar-refractivity contribution < 1.29 is 0 Å². The Morgan fingerprint density at radius 1 is 0.909 bits per heavy atom. The quantitative estimate of drug-likeness (QED) is 0.623. The van der Waals surface area contributed by atoms with E-state index in [9.17, 15) is 0 Å². The van der Waals surface area contributed by atoms with Gasteiger partial charge in [0.25, 0.3) is 0 Å². The SMILES string of the molecule is C=CCN1C(c2ccccc2)=Nc2cccc3cccc1c23. The van der Waals surface area contributed by atoms with Gasteiger partial charge in [0.1, 0.15) is 5.84 Å². The molecule has 0 radical (unpaired) electrons. The van der Waals surface area contributed by atoms with Crippen molar-refractivity contribution in [2.45, 2.75) is 0 Å². The van der Waals surface area contributed by atoms with Gasteiger partial charge < -0.3 is 4.90 Å². The molecule has 0 fully saturated rings. The summed E-state index contributed by atoms with van der Waals surface area (Å²) in [7, 11) is 0. The molecule has 0 spiro atoms. The van der Waals surface area contributed by atoms with Crippen LogP contribution in [-0.4, -0.2) is 12.4 Å². The summed E-state index contributed by atoms with van der Waals surface area (Å²) in [6.45, 7) is 4.64. The molecule has 0 saturated heterocycles. The van der Waals surface area contributed by atoms with Gasteiger partial charge in [0, 0.05) is 17.5 Å². The zero-order chi connectivity index (χ0) is 14.9. The summed E-state index contributed by atoms with van der Waals surface area (Å²) >= 11 is 0. The maximum absolute atomic E-state index is 4.93. The van der Waals surface area contributed by atoms with Crippen LogP contribution >= 0.6 is 0 Å². The van der Waals surface area contributed by atoms with E-state index < -0.39 is 0 Å². The highest BCUT2D eigenvalue weighted by atomic mass is 15.2. The van der Waals surface area contributed by atoms with Crippen LogP contribution in [0.15, 0.2) is 84.4 Å². The molecule has 22 heavy (non-hydrogen) atoms. The molecule has 0 aliphatic carbocycles. The first-order valence-electron chi connectivity index (χ1n) is 7.43. The van der Waals surface area contributed by atoms with Crippen molar-refractivity contribution in [2.75, 3.05) is 11.4 Å². The van der Waals surface area contributed by atoms with E-state index in [0.29, 0.717) is 0 Å². The zero-order valence-electron chi connectivity index (χ0n) is 12.2. The highest BCUT2D eigenvalue weighted by Crippen LogP contribution is 2.39. The summed E-state index contributed by atoms with van der Waals surface area (Å²) in [6, 6.07) is 23.0. The number of aliphatic imine (C=N–C) groups is 1. The van der Waals surface area contributed by atoms with Gasteiger partial charge in [-0.1, -0.05) is 60.7 Å². The molecule has 1 aliphatic rings. The lowest BCUT2D eigenvalue weighted by atomic mass is 10.0. The summed E-state index contributed by atoms with van der Waals surface area (Å²) in [4.78, 5) is 7.16. The van der Waals surface area contributed by atoms with Crippen LogP contribution < -0.4 is 4.90 Å². The summed E-state index contributed by atoms with van der Waals surface area (Å²) in [5, 5.41) is 2.44. The number of benzene rings is 3. The van der Waals surface area contributed by atoms with E-state index in [1.165, 1.54) is 16.5 Å². The lowest BCUT2D eigenvalue weighted by molar-refractivity contribution is 1.13. The molecule has 3 aromatic rings. The Hall–Kier alpha value is -2.87. The van der Waals surface area contributed by atoms with Crippen molar-refractivity contribution in [3.05, 3.63) is 84.9 Å². The molecule has 2 heteroatoms. The Morgan fingerprint density at radius 3 is 2.45 bits per heavy atom. The van der Waals surface area contributed by atoms with Crippen LogP contribution in [0.25, 0.3) is 10.8 Å². The third-order valence-electron chi connectivity index (χ3n) is 3.98. The maximum Gasteiger partial charge on any atom is 0.141 e. The van der Waals surface area contributed by atoms with E-state index in [4.69, 9.17) is 4.99 Å². The summed E-state index contributed by atoms with van der Waals surface area (Å²) in [5.74, 6) is 0.978. The van der Waals surface area contributed by atoms with Gasteiger partial charge in [-0.3, -0.25) is 0 Å². The number of amidine groups is 1. The maximum atomic E-state index is 4.93. The average molecular weight is 284 g/mol. The monoisotopic (exact) mass is 284 g/mol. The molecule has 0 amide bonds. The van der Waals surface area contributed by atoms with Crippen LogP contribution in [0.4, 0.5) is 11.4 Å². The smallest absolute Gasteiger partial charge is 0.141 e. The number of rotatable bonds is 3. The molecule has 0 aromatic heterocycles. The van der Waals surface area contributed by atoms with Gasteiger partial charge in [0.15, 0.2) is 0 Å². The third-order valence-corrected chi connectivity index (χ3v) is 3.98. The molecule has 1 heterocycles. The van der Waals surface area contributed by atoms with Crippen molar-refractivity contribution in [3.63, 3.8) is 0 Å². The fraction of sp³-hybridized carbons (Fsp3) is 0.0500. The fourth-order valence-corrected chi connectivity index (χ4v) is 3.03. The predicted molar refractivity (Wildman–Crippen MR) is 94.1 cm³/mol. The Kier molecular flexibility index (Phi) is 3.01. The van der Waals surface area contributed by atoms with Crippen LogP contribution in [0.2, 0.25) is 0 Å². The minimum absolute atomic E-state index is 0.737. The molecule has 0 unspecified atom stereocenters. The van der Waals surface area contributed by atoms with Crippen LogP contribution in [-0.2, 0) is 0 Å². The molecule has 0 atom stereocenters. The Labute approximate surface area is 130 Å². The van der Waals surface area contributed by atoms with Crippen molar-refractivity contribution in [1.82, 2.24) is 0 Å². The van der Waals surface area contributed by atoms with E-state index in [-0.39, 0.29) is 0 Å². The van der Waals surface area contributed by atoms with Gasteiger partial charge in [-0.2, -0.15) is 0 Å². The summed E-state index contributed by atoms with van der Waals surface area (Å²) in [5.41, 5.74) is 3.35. The van der Waals surface area contributed by atoms with Crippen molar-refractivity contribution in [2.24, 2.45) is 4.99 Å². The van der Waals surface area contributed by atoms with Crippen LogP contribution in [0.5, 0.6) is 0 Å². The standard InChI is InChI=1S/C20H16N2/c1-2-14-22-18-13-7-11-15-10-6-12-17(19(15)18)21-20(22)16-8-4-3-5-9-16/h2-13H,1,14H2. The van der Waals surface area contributed by atoms with Crippen LogP contribution in [0, 0.1) is 0 Å². The van der Waals surface area contributed by atoms with Crippen LogP contribution in [0.1, 0.15) is 5.56 Å².